The van der Waals surface area contributed by atoms with E-state index < -0.39 is 10.0 Å². The average molecular weight is 243 g/mol. The lowest BCUT2D eigenvalue weighted by Gasteiger charge is -2.19. The Labute approximate surface area is 96.3 Å². The molecule has 90 valence electrons. The third kappa shape index (κ3) is 3.48. The van der Waals surface area contributed by atoms with Crippen molar-refractivity contribution in [2.45, 2.75) is 13.5 Å². The number of nitrogens with two attached hydrogens (primary N) is 1. The van der Waals surface area contributed by atoms with E-state index in [-0.39, 0.29) is 6.54 Å². The molecular formula is C10H17N3O2S. The molecule has 0 fully saturated rings. The Kier molecular flexibility index (Phi) is 3.90. The minimum Gasteiger partial charge on any atom is -0.314 e. The maximum absolute atomic E-state index is 11.0. The summed E-state index contributed by atoms with van der Waals surface area (Å²) in [6.07, 6.45) is 1.13. The van der Waals surface area contributed by atoms with Gasteiger partial charge in [0.05, 0.1) is 11.9 Å². The number of hydrogen-bond acceptors (Lipinski definition) is 4. The molecule has 0 aliphatic heterocycles. The lowest BCUT2D eigenvalue weighted by molar-refractivity contribution is 0.587. The largest absolute Gasteiger partial charge is 0.314 e. The zero-order valence-electron chi connectivity index (χ0n) is 9.69. The summed E-state index contributed by atoms with van der Waals surface area (Å²) in [4.78, 5) is 0. The topological polar surface area (TPSA) is 75.4 Å². The van der Waals surface area contributed by atoms with E-state index in [2.05, 4.69) is 4.72 Å². The molecule has 0 spiro atoms. The average Bonchev–Trinajstić information content (AvgIpc) is 2.12. The summed E-state index contributed by atoms with van der Waals surface area (Å²) in [5.74, 6) is 5.71. The van der Waals surface area contributed by atoms with Crippen LogP contribution < -0.4 is 15.6 Å². The first-order valence-corrected chi connectivity index (χ1v) is 6.72. The molecular weight excluding hydrogens is 226 g/mol. The second kappa shape index (κ2) is 4.82. The fourth-order valence-corrected chi connectivity index (χ4v) is 1.99. The number of aryl methyl sites for hydroxylation is 1. The number of sulfonamides is 1. The molecule has 6 heteroatoms. The number of anilines is 1. The van der Waals surface area contributed by atoms with Gasteiger partial charge in [0.25, 0.3) is 0 Å². The van der Waals surface area contributed by atoms with Crippen molar-refractivity contribution in [3.63, 3.8) is 0 Å². The minimum absolute atomic E-state index is 0.247. The van der Waals surface area contributed by atoms with Crippen LogP contribution in [0.1, 0.15) is 11.1 Å². The summed E-state index contributed by atoms with van der Waals surface area (Å²) >= 11 is 0. The van der Waals surface area contributed by atoms with Crippen LogP contribution in [0.25, 0.3) is 0 Å². The van der Waals surface area contributed by atoms with Crippen molar-refractivity contribution >= 4 is 15.7 Å². The van der Waals surface area contributed by atoms with Gasteiger partial charge in [-0.1, -0.05) is 18.2 Å². The summed E-state index contributed by atoms with van der Waals surface area (Å²) in [6.45, 7) is 2.18. The fourth-order valence-electron chi connectivity index (χ4n) is 1.58. The summed E-state index contributed by atoms with van der Waals surface area (Å²) in [5, 5.41) is 1.49. The van der Waals surface area contributed by atoms with Crippen LogP contribution in [-0.2, 0) is 16.6 Å². The Balaban J connectivity index is 3.00. The fraction of sp³-hybridized carbons (Fsp3) is 0.400. The van der Waals surface area contributed by atoms with Gasteiger partial charge in [0.2, 0.25) is 10.0 Å². The highest BCUT2D eigenvalue weighted by Crippen LogP contribution is 2.22. The monoisotopic (exact) mass is 243 g/mol. The number of nitrogens with one attached hydrogen (secondary N) is 1. The van der Waals surface area contributed by atoms with Crippen molar-refractivity contribution in [1.29, 1.82) is 0 Å². The van der Waals surface area contributed by atoms with E-state index in [0.717, 1.165) is 23.1 Å². The number of hydrazine groups is 1. The summed E-state index contributed by atoms with van der Waals surface area (Å²) in [7, 11) is -1.46. The minimum atomic E-state index is -3.19. The van der Waals surface area contributed by atoms with Crippen LogP contribution in [0.5, 0.6) is 0 Å². The smallest absolute Gasteiger partial charge is 0.209 e. The summed E-state index contributed by atoms with van der Waals surface area (Å²) in [6, 6.07) is 5.66. The van der Waals surface area contributed by atoms with Gasteiger partial charge in [-0.15, -0.1) is 0 Å². The van der Waals surface area contributed by atoms with Crippen molar-refractivity contribution in [2.24, 2.45) is 5.84 Å². The molecule has 0 saturated carbocycles. The van der Waals surface area contributed by atoms with Crippen LogP contribution in [0.4, 0.5) is 5.69 Å². The first-order valence-electron chi connectivity index (χ1n) is 4.83. The highest BCUT2D eigenvalue weighted by atomic mass is 32.2. The van der Waals surface area contributed by atoms with Crippen molar-refractivity contribution in [3.05, 3.63) is 29.3 Å². The number of rotatable bonds is 4. The molecule has 0 amide bonds. The standard InChI is InChI=1S/C10H17N3O2S/c1-8-5-4-6-9(10(8)13(2)11)7-12-16(3,14)15/h4-6,12H,7,11H2,1-3H3. The molecule has 0 heterocycles. The van der Waals surface area contributed by atoms with Crippen molar-refractivity contribution in [1.82, 2.24) is 4.72 Å². The molecule has 0 bridgehead atoms. The number of benzene rings is 1. The zero-order valence-corrected chi connectivity index (χ0v) is 10.5. The van der Waals surface area contributed by atoms with E-state index >= 15 is 0 Å². The predicted octanol–water partition coefficient (Wildman–Crippen LogP) is 0.354. The van der Waals surface area contributed by atoms with E-state index in [0.29, 0.717) is 0 Å². The normalized spacial score (nSPS) is 11.5. The van der Waals surface area contributed by atoms with Crippen LogP contribution >= 0.6 is 0 Å². The molecule has 5 nitrogen and oxygen atoms in total. The van der Waals surface area contributed by atoms with E-state index in [1.807, 2.05) is 25.1 Å². The lowest BCUT2D eigenvalue weighted by atomic mass is 10.1. The second-order valence-electron chi connectivity index (χ2n) is 3.79. The molecule has 1 rings (SSSR count). The van der Waals surface area contributed by atoms with Crippen molar-refractivity contribution in [3.8, 4) is 0 Å². The van der Waals surface area contributed by atoms with E-state index in [1.165, 1.54) is 5.01 Å². The van der Waals surface area contributed by atoms with E-state index in [1.54, 1.807) is 7.05 Å². The number of hydrogen-bond donors (Lipinski definition) is 2. The van der Waals surface area contributed by atoms with E-state index in [9.17, 15) is 8.42 Å². The molecule has 0 radical (unpaired) electrons. The molecule has 1 aromatic carbocycles. The van der Waals surface area contributed by atoms with Crippen LogP contribution in [0.2, 0.25) is 0 Å². The molecule has 0 unspecified atom stereocenters. The van der Waals surface area contributed by atoms with Gasteiger partial charge in [0, 0.05) is 13.6 Å². The number of para-hydroxylation sites is 1. The Morgan fingerprint density at radius 2 is 2.06 bits per heavy atom. The molecule has 0 aliphatic rings. The summed E-state index contributed by atoms with van der Waals surface area (Å²) < 4.78 is 24.5. The Morgan fingerprint density at radius 1 is 1.44 bits per heavy atom. The molecule has 0 saturated heterocycles. The van der Waals surface area contributed by atoms with Gasteiger partial charge in [-0.2, -0.15) is 0 Å². The van der Waals surface area contributed by atoms with Gasteiger partial charge < -0.3 is 5.01 Å². The van der Waals surface area contributed by atoms with Gasteiger partial charge in [-0.05, 0) is 18.1 Å². The van der Waals surface area contributed by atoms with Gasteiger partial charge in [-0.25, -0.2) is 19.0 Å². The van der Waals surface area contributed by atoms with Crippen LogP contribution in [-0.4, -0.2) is 21.7 Å². The molecule has 16 heavy (non-hydrogen) atoms. The number of nitrogens with zero attached hydrogens (tertiary/aromatic N) is 1. The molecule has 0 atom stereocenters. The van der Waals surface area contributed by atoms with E-state index in [4.69, 9.17) is 5.84 Å². The maximum Gasteiger partial charge on any atom is 0.209 e. The third-order valence-electron chi connectivity index (χ3n) is 2.20. The first-order chi connectivity index (χ1) is 7.31. The maximum atomic E-state index is 11.0. The first kappa shape index (κ1) is 13.0. The molecule has 3 N–H and O–H groups in total. The zero-order chi connectivity index (χ0) is 12.3. The predicted molar refractivity (Wildman–Crippen MR) is 65.5 cm³/mol. The van der Waals surface area contributed by atoms with Crippen LogP contribution in [0, 0.1) is 6.92 Å². The van der Waals surface area contributed by atoms with Crippen molar-refractivity contribution in [2.75, 3.05) is 18.3 Å². The van der Waals surface area contributed by atoms with Crippen LogP contribution in [0.3, 0.4) is 0 Å². The lowest BCUT2D eigenvalue weighted by Crippen LogP contribution is -2.29. The SMILES string of the molecule is Cc1cccc(CNS(C)(=O)=O)c1N(C)N. The second-order valence-corrected chi connectivity index (χ2v) is 5.62. The Morgan fingerprint density at radius 3 is 2.56 bits per heavy atom. The highest BCUT2D eigenvalue weighted by Gasteiger charge is 2.09. The van der Waals surface area contributed by atoms with Gasteiger partial charge in [0.15, 0.2) is 0 Å². The Bertz CT molecular complexity index is 469. The van der Waals surface area contributed by atoms with Gasteiger partial charge in [-0.3, -0.25) is 0 Å². The third-order valence-corrected chi connectivity index (χ3v) is 2.87. The van der Waals surface area contributed by atoms with Crippen LogP contribution in [0.15, 0.2) is 18.2 Å². The quantitative estimate of drug-likeness (QED) is 0.591. The summed E-state index contributed by atoms with van der Waals surface area (Å²) in [5.41, 5.74) is 2.71. The molecule has 0 aliphatic carbocycles. The molecule has 0 aromatic heterocycles. The Hall–Kier alpha value is -1.11. The van der Waals surface area contributed by atoms with Crippen molar-refractivity contribution < 1.29 is 8.42 Å². The van der Waals surface area contributed by atoms with Gasteiger partial charge >= 0.3 is 0 Å². The van der Waals surface area contributed by atoms with Gasteiger partial charge in [0.1, 0.15) is 0 Å². The highest BCUT2D eigenvalue weighted by molar-refractivity contribution is 7.88. The molecule has 1 aromatic rings.